The summed E-state index contributed by atoms with van der Waals surface area (Å²) in [5.41, 5.74) is -2.06. The number of carboxylic acids is 2. The van der Waals surface area contributed by atoms with Crippen molar-refractivity contribution < 1.29 is 29.4 Å². The van der Waals surface area contributed by atoms with Crippen LogP contribution in [-0.2, 0) is 19.2 Å². The Balaban J connectivity index is 3.34. The standard InChI is InChI=1S/C6H3NO6/c8-3-1(5(10)11)2(6(12)13)4(9)7-3/h(H,10,11)(H,12,13)(H,7,8,9). The first-order valence-electron chi connectivity index (χ1n) is 3.01. The fraction of sp³-hybridized carbons (Fsp3) is 0. The normalized spacial score (nSPS) is 16.0. The summed E-state index contributed by atoms with van der Waals surface area (Å²) in [6.07, 6.45) is 0. The van der Waals surface area contributed by atoms with Crippen LogP contribution in [0.15, 0.2) is 11.1 Å². The van der Waals surface area contributed by atoms with Crippen molar-refractivity contribution in [2.45, 2.75) is 0 Å². The molecule has 0 aliphatic carbocycles. The highest BCUT2D eigenvalue weighted by atomic mass is 16.4. The molecule has 1 heterocycles. The van der Waals surface area contributed by atoms with Gasteiger partial charge >= 0.3 is 11.9 Å². The first kappa shape index (κ1) is 8.91. The number of carboxylic acid groups (broad SMARTS) is 2. The summed E-state index contributed by atoms with van der Waals surface area (Å²) in [7, 11) is 0. The van der Waals surface area contributed by atoms with Gasteiger partial charge in [0.25, 0.3) is 11.8 Å². The van der Waals surface area contributed by atoms with Crippen LogP contribution in [0.25, 0.3) is 0 Å². The molecule has 7 nitrogen and oxygen atoms in total. The number of hydrogen-bond donors (Lipinski definition) is 3. The van der Waals surface area contributed by atoms with Gasteiger partial charge in [-0.3, -0.25) is 14.9 Å². The Bertz CT molecular complexity index is 331. The number of carbonyl (C=O) groups is 4. The molecule has 2 amide bonds. The summed E-state index contributed by atoms with van der Waals surface area (Å²) in [6.45, 7) is 0. The largest absolute Gasteiger partial charge is 0.477 e. The zero-order valence-electron chi connectivity index (χ0n) is 6.03. The summed E-state index contributed by atoms with van der Waals surface area (Å²) in [5, 5.41) is 18.3. The van der Waals surface area contributed by atoms with Gasteiger partial charge in [-0.1, -0.05) is 0 Å². The van der Waals surface area contributed by atoms with Crippen LogP contribution in [0.1, 0.15) is 0 Å². The van der Waals surface area contributed by atoms with E-state index >= 15 is 0 Å². The Morgan fingerprint density at radius 1 is 0.923 bits per heavy atom. The van der Waals surface area contributed by atoms with Crippen molar-refractivity contribution in [2.24, 2.45) is 0 Å². The molecule has 0 saturated heterocycles. The van der Waals surface area contributed by atoms with Gasteiger partial charge in [0.2, 0.25) is 0 Å². The Labute approximate surface area is 70.7 Å². The Morgan fingerprint density at radius 3 is 1.46 bits per heavy atom. The molecule has 0 aromatic carbocycles. The molecule has 13 heavy (non-hydrogen) atoms. The van der Waals surface area contributed by atoms with E-state index in [4.69, 9.17) is 10.2 Å². The second-order valence-corrected chi connectivity index (χ2v) is 2.14. The monoisotopic (exact) mass is 185 g/mol. The number of amides is 2. The van der Waals surface area contributed by atoms with Gasteiger partial charge in [0, 0.05) is 0 Å². The van der Waals surface area contributed by atoms with Crippen LogP contribution in [0.2, 0.25) is 0 Å². The molecule has 1 aliphatic heterocycles. The van der Waals surface area contributed by atoms with Crippen LogP contribution >= 0.6 is 0 Å². The van der Waals surface area contributed by atoms with E-state index in [2.05, 4.69) is 0 Å². The lowest BCUT2D eigenvalue weighted by atomic mass is 10.1. The van der Waals surface area contributed by atoms with E-state index < -0.39 is 34.9 Å². The van der Waals surface area contributed by atoms with Gasteiger partial charge in [-0.15, -0.1) is 0 Å². The number of rotatable bonds is 2. The lowest BCUT2D eigenvalue weighted by Gasteiger charge is -1.90. The zero-order chi connectivity index (χ0) is 10.2. The predicted octanol–water partition coefficient (Wildman–Crippen LogP) is -1.89. The Kier molecular flexibility index (Phi) is 1.85. The van der Waals surface area contributed by atoms with E-state index in [1.54, 1.807) is 5.32 Å². The van der Waals surface area contributed by atoms with Gasteiger partial charge in [-0.2, -0.15) is 0 Å². The number of aliphatic carboxylic acids is 2. The van der Waals surface area contributed by atoms with Crippen molar-refractivity contribution in [1.82, 2.24) is 5.32 Å². The van der Waals surface area contributed by atoms with Gasteiger partial charge in [-0.25, -0.2) is 9.59 Å². The predicted molar refractivity (Wildman–Crippen MR) is 35.4 cm³/mol. The van der Waals surface area contributed by atoms with Gasteiger partial charge in [0.05, 0.1) is 0 Å². The first-order chi connectivity index (χ1) is 5.95. The van der Waals surface area contributed by atoms with Crippen LogP contribution < -0.4 is 5.32 Å². The van der Waals surface area contributed by atoms with E-state index in [1.165, 1.54) is 0 Å². The Morgan fingerprint density at radius 2 is 1.23 bits per heavy atom. The summed E-state index contributed by atoms with van der Waals surface area (Å²) in [5.74, 6) is -5.87. The van der Waals surface area contributed by atoms with E-state index in [0.717, 1.165) is 0 Å². The lowest BCUT2D eigenvalue weighted by Crippen LogP contribution is -2.25. The van der Waals surface area contributed by atoms with Crippen molar-refractivity contribution >= 4 is 23.8 Å². The van der Waals surface area contributed by atoms with Crippen LogP contribution in [-0.4, -0.2) is 34.0 Å². The molecule has 0 fully saturated rings. The highest BCUT2D eigenvalue weighted by molar-refractivity contribution is 6.37. The summed E-state index contributed by atoms with van der Waals surface area (Å²) >= 11 is 0. The third kappa shape index (κ3) is 1.26. The van der Waals surface area contributed by atoms with E-state index in [1.807, 2.05) is 0 Å². The lowest BCUT2D eigenvalue weighted by molar-refractivity contribution is -0.137. The molecular weight excluding hydrogens is 182 g/mol. The molecular formula is C6H3NO6. The smallest absolute Gasteiger partial charge is 0.342 e. The maximum Gasteiger partial charge on any atom is 0.342 e. The quantitative estimate of drug-likeness (QED) is 0.341. The second-order valence-electron chi connectivity index (χ2n) is 2.14. The number of imide groups is 1. The fourth-order valence-corrected chi connectivity index (χ4v) is 0.863. The van der Waals surface area contributed by atoms with Gasteiger partial charge in [0.15, 0.2) is 0 Å². The van der Waals surface area contributed by atoms with Gasteiger partial charge in [-0.05, 0) is 0 Å². The van der Waals surface area contributed by atoms with Crippen LogP contribution in [0.4, 0.5) is 0 Å². The van der Waals surface area contributed by atoms with Crippen LogP contribution in [0.5, 0.6) is 0 Å². The molecule has 1 aliphatic rings. The second kappa shape index (κ2) is 2.70. The highest BCUT2D eigenvalue weighted by Crippen LogP contribution is 2.12. The number of carbonyl (C=O) groups excluding carboxylic acids is 2. The summed E-state index contributed by atoms with van der Waals surface area (Å²) in [4.78, 5) is 42.1. The molecule has 0 aromatic rings. The molecule has 3 N–H and O–H groups in total. The highest BCUT2D eigenvalue weighted by Gasteiger charge is 2.38. The molecule has 0 bridgehead atoms. The molecule has 0 spiro atoms. The first-order valence-corrected chi connectivity index (χ1v) is 3.01. The summed E-state index contributed by atoms with van der Waals surface area (Å²) in [6, 6.07) is 0. The van der Waals surface area contributed by atoms with Crippen molar-refractivity contribution in [3.63, 3.8) is 0 Å². The van der Waals surface area contributed by atoms with Gasteiger partial charge < -0.3 is 10.2 Å². The van der Waals surface area contributed by atoms with E-state index in [-0.39, 0.29) is 0 Å². The minimum atomic E-state index is -1.74. The Hall–Kier alpha value is -2.18. The van der Waals surface area contributed by atoms with E-state index in [9.17, 15) is 19.2 Å². The van der Waals surface area contributed by atoms with Crippen molar-refractivity contribution in [3.05, 3.63) is 11.1 Å². The number of nitrogens with one attached hydrogen (secondary N) is 1. The van der Waals surface area contributed by atoms with Crippen molar-refractivity contribution in [1.29, 1.82) is 0 Å². The third-order valence-electron chi connectivity index (χ3n) is 1.36. The SMILES string of the molecule is O=C(O)C1=C(C(=O)O)C(=O)NC1=O. The van der Waals surface area contributed by atoms with Crippen molar-refractivity contribution in [3.8, 4) is 0 Å². The average Bonchev–Trinajstić information content (AvgIpc) is 2.24. The molecule has 68 valence electrons. The fourth-order valence-electron chi connectivity index (χ4n) is 0.863. The average molecular weight is 185 g/mol. The summed E-state index contributed by atoms with van der Waals surface area (Å²) < 4.78 is 0. The molecule has 7 heteroatoms. The molecule has 0 aromatic heterocycles. The molecule has 0 atom stereocenters. The minimum Gasteiger partial charge on any atom is -0.477 e. The maximum atomic E-state index is 10.7. The number of hydrogen-bond acceptors (Lipinski definition) is 4. The molecule has 0 saturated carbocycles. The molecule has 0 radical (unpaired) electrons. The topological polar surface area (TPSA) is 121 Å². The van der Waals surface area contributed by atoms with Crippen LogP contribution in [0.3, 0.4) is 0 Å². The van der Waals surface area contributed by atoms with Gasteiger partial charge in [0.1, 0.15) is 11.1 Å². The maximum absolute atomic E-state index is 10.7. The zero-order valence-corrected chi connectivity index (χ0v) is 6.03. The molecule has 1 rings (SSSR count). The van der Waals surface area contributed by atoms with E-state index in [0.29, 0.717) is 0 Å². The third-order valence-corrected chi connectivity index (χ3v) is 1.36. The minimum absolute atomic E-state index is 1.03. The van der Waals surface area contributed by atoms with Crippen LogP contribution in [0, 0.1) is 0 Å². The van der Waals surface area contributed by atoms with Crippen molar-refractivity contribution in [2.75, 3.05) is 0 Å². The molecule has 0 unspecified atom stereocenters.